The van der Waals surface area contributed by atoms with Gasteiger partial charge in [-0.3, -0.25) is 9.69 Å². The fourth-order valence-electron chi connectivity index (χ4n) is 6.73. The van der Waals surface area contributed by atoms with Gasteiger partial charge in [0.15, 0.2) is 0 Å². The number of hydrogen-bond donors (Lipinski definition) is 2. The van der Waals surface area contributed by atoms with Crippen LogP contribution >= 0.6 is 0 Å². The van der Waals surface area contributed by atoms with E-state index in [-0.39, 0.29) is 17.3 Å². The predicted molar refractivity (Wildman–Crippen MR) is 101 cm³/mol. The Balaban J connectivity index is 1.31. The molecule has 1 aromatic heterocycles. The topological polar surface area (TPSA) is 95.6 Å². The number of aromatic nitrogens is 2. The lowest BCUT2D eigenvalue weighted by Crippen LogP contribution is -2.65. The Hall–Kier alpha value is -1.73. The van der Waals surface area contributed by atoms with Gasteiger partial charge in [-0.1, -0.05) is 0 Å². The lowest BCUT2D eigenvalue weighted by Gasteiger charge is -2.61. The average Bonchev–Trinajstić information content (AvgIpc) is 2.60. The number of amides is 1. The van der Waals surface area contributed by atoms with Crippen LogP contribution in [0.1, 0.15) is 49.5 Å². The molecule has 3 atom stereocenters. The molecule has 146 valence electrons. The molecule has 0 spiro atoms. The maximum atomic E-state index is 11.4. The molecule has 2 heterocycles. The predicted octanol–water partition coefficient (Wildman–Crippen LogP) is 1.03. The molecule has 4 aliphatic carbocycles. The molecule has 3 N–H and O–H groups in total. The van der Waals surface area contributed by atoms with Gasteiger partial charge in [-0.15, -0.1) is 0 Å². The Labute approximate surface area is 160 Å². The number of nitrogens with zero attached hydrogens (tertiary/aromatic N) is 4. The van der Waals surface area contributed by atoms with E-state index in [0.29, 0.717) is 23.8 Å². The molecule has 5 aliphatic rings. The molecule has 6 rings (SSSR count). The van der Waals surface area contributed by atoms with Crippen LogP contribution < -0.4 is 10.6 Å². The van der Waals surface area contributed by atoms with E-state index >= 15 is 0 Å². The van der Waals surface area contributed by atoms with Gasteiger partial charge in [-0.05, 0) is 62.8 Å². The zero-order valence-corrected chi connectivity index (χ0v) is 15.9. The number of carbonyl (C=O) groups is 1. The number of carbonyl (C=O) groups excluding carboxylic acids is 1. The van der Waals surface area contributed by atoms with Gasteiger partial charge in [0.1, 0.15) is 5.69 Å². The molecule has 0 aromatic carbocycles. The first-order chi connectivity index (χ1) is 12.9. The van der Waals surface area contributed by atoms with Crippen molar-refractivity contribution < 1.29 is 9.90 Å². The van der Waals surface area contributed by atoms with Crippen LogP contribution in [0.3, 0.4) is 0 Å². The highest BCUT2D eigenvalue weighted by molar-refractivity contribution is 5.90. The Kier molecular flexibility index (Phi) is 3.95. The first-order valence-electron chi connectivity index (χ1n) is 10.3. The zero-order valence-electron chi connectivity index (χ0n) is 15.9. The summed E-state index contributed by atoms with van der Waals surface area (Å²) in [6.07, 6.45) is 7.21. The van der Waals surface area contributed by atoms with Crippen LogP contribution in [0.2, 0.25) is 0 Å². The summed E-state index contributed by atoms with van der Waals surface area (Å²) in [4.78, 5) is 25.0. The van der Waals surface area contributed by atoms with Crippen molar-refractivity contribution >= 4 is 11.9 Å². The van der Waals surface area contributed by atoms with Crippen LogP contribution in [0.5, 0.6) is 0 Å². The minimum absolute atomic E-state index is 0.268. The normalized spacial score (nSPS) is 41.1. The lowest BCUT2D eigenvalue weighted by molar-refractivity contribution is -0.161. The van der Waals surface area contributed by atoms with E-state index < -0.39 is 5.91 Å². The number of piperazine rings is 1. The zero-order chi connectivity index (χ0) is 18.8. The third kappa shape index (κ3) is 2.91. The van der Waals surface area contributed by atoms with Crippen molar-refractivity contribution in [2.24, 2.45) is 23.5 Å². The summed E-state index contributed by atoms with van der Waals surface area (Å²) in [6, 6.07) is 2.46. The van der Waals surface area contributed by atoms with Gasteiger partial charge in [0.2, 0.25) is 5.95 Å². The van der Waals surface area contributed by atoms with Gasteiger partial charge in [0.05, 0.1) is 5.60 Å². The standard InChI is InChI=1S/C20H29N5O2/c1-12-11-24(4-5-25(12)19-22-3-2-16(23-19)18(21)26)17-14-6-13-7-15(17)10-20(27,8-13)9-14/h2-3,12-15,17,27H,4-11H2,1H3,(H2,21,26)/t12-,13?,14?,15?,17?,20?/m1/s1. The monoisotopic (exact) mass is 371 g/mol. The number of rotatable bonds is 3. The molecule has 4 saturated carbocycles. The van der Waals surface area contributed by atoms with E-state index in [9.17, 15) is 9.90 Å². The Morgan fingerprint density at radius 3 is 2.63 bits per heavy atom. The average molecular weight is 371 g/mol. The Morgan fingerprint density at radius 1 is 1.26 bits per heavy atom. The molecule has 2 unspecified atom stereocenters. The van der Waals surface area contributed by atoms with Crippen molar-refractivity contribution in [2.45, 2.75) is 56.7 Å². The molecule has 1 saturated heterocycles. The van der Waals surface area contributed by atoms with Gasteiger partial charge < -0.3 is 15.7 Å². The Bertz CT molecular complexity index is 740. The quantitative estimate of drug-likeness (QED) is 0.824. The highest BCUT2D eigenvalue weighted by Crippen LogP contribution is 2.57. The third-order valence-corrected chi connectivity index (χ3v) is 7.42. The van der Waals surface area contributed by atoms with Gasteiger partial charge in [-0.25, -0.2) is 9.97 Å². The van der Waals surface area contributed by atoms with Gasteiger partial charge >= 0.3 is 0 Å². The number of hydrogen-bond acceptors (Lipinski definition) is 6. The molecule has 1 aliphatic heterocycles. The summed E-state index contributed by atoms with van der Waals surface area (Å²) in [5.74, 6) is 2.12. The van der Waals surface area contributed by atoms with E-state index in [1.54, 1.807) is 12.3 Å². The van der Waals surface area contributed by atoms with E-state index in [1.807, 2.05) is 0 Å². The summed E-state index contributed by atoms with van der Waals surface area (Å²) in [7, 11) is 0. The number of primary amides is 1. The second-order valence-electron chi connectivity index (χ2n) is 9.33. The maximum Gasteiger partial charge on any atom is 0.267 e. The molecule has 1 aromatic rings. The van der Waals surface area contributed by atoms with E-state index in [0.717, 1.165) is 44.8 Å². The lowest BCUT2D eigenvalue weighted by atomic mass is 9.52. The highest BCUT2D eigenvalue weighted by Gasteiger charge is 2.56. The van der Waals surface area contributed by atoms with Gasteiger partial charge in [0.25, 0.3) is 5.91 Å². The second kappa shape index (κ2) is 6.14. The van der Waals surface area contributed by atoms with Gasteiger partial charge in [0, 0.05) is 37.9 Å². The number of anilines is 1. The molecule has 7 nitrogen and oxygen atoms in total. The van der Waals surface area contributed by atoms with Crippen LogP contribution in [0.15, 0.2) is 12.3 Å². The van der Waals surface area contributed by atoms with Crippen LogP contribution in [0, 0.1) is 17.8 Å². The van der Waals surface area contributed by atoms with E-state index in [2.05, 4.69) is 26.7 Å². The fourth-order valence-corrected chi connectivity index (χ4v) is 6.73. The molecular weight excluding hydrogens is 342 g/mol. The first-order valence-corrected chi connectivity index (χ1v) is 10.3. The molecule has 7 heteroatoms. The van der Waals surface area contributed by atoms with Crippen LogP contribution in [-0.4, -0.2) is 63.2 Å². The van der Waals surface area contributed by atoms with Crippen LogP contribution in [-0.2, 0) is 0 Å². The van der Waals surface area contributed by atoms with Crippen LogP contribution in [0.25, 0.3) is 0 Å². The SMILES string of the molecule is C[C@@H]1CN(C2C3CC4CC2CC(O)(C4)C3)CCN1c1nccc(C(N)=O)n1. The summed E-state index contributed by atoms with van der Waals surface area (Å²) in [5, 5.41) is 10.9. The molecule has 5 fully saturated rings. The number of aliphatic hydroxyl groups is 1. The third-order valence-electron chi connectivity index (χ3n) is 7.42. The summed E-state index contributed by atoms with van der Waals surface area (Å²) in [5.41, 5.74) is 5.26. The Morgan fingerprint density at radius 2 is 2.00 bits per heavy atom. The minimum atomic E-state index is -0.517. The minimum Gasteiger partial charge on any atom is -0.390 e. The summed E-state index contributed by atoms with van der Waals surface area (Å²) in [6.45, 7) is 5.02. The highest BCUT2D eigenvalue weighted by atomic mass is 16.3. The largest absolute Gasteiger partial charge is 0.390 e. The van der Waals surface area contributed by atoms with Crippen molar-refractivity contribution in [3.05, 3.63) is 18.0 Å². The first kappa shape index (κ1) is 17.4. The van der Waals surface area contributed by atoms with Crippen molar-refractivity contribution in [3.8, 4) is 0 Å². The fraction of sp³-hybridized carbons (Fsp3) is 0.750. The molecule has 1 amide bonds. The van der Waals surface area contributed by atoms with E-state index in [1.165, 1.54) is 12.8 Å². The van der Waals surface area contributed by atoms with Crippen molar-refractivity contribution in [3.63, 3.8) is 0 Å². The smallest absolute Gasteiger partial charge is 0.267 e. The molecule has 27 heavy (non-hydrogen) atoms. The second-order valence-corrected chi connectivity index (χ2v) is 9.33. The van der Waals surface area contributed by atoms with E-state index in [4.69, 9.17) is 5.73 Å². The molecular formula is C20H29N5O2. The number of nitrogens with two attached hydrogens (primary N) is 1. The van der Waals surface area contributed by atoms with Gasteiger partial charge in [-0.2, -0.15) is 0 Å². The van der Waals surface area contributed by atoms with Crippen molar-refractivity contribution in [1.29, 1.82) is 0 Å². The van der Waals surface area contributed by atoms with Crippen molar-refractivity contribution in [2.75, 3.05) is 24.5 Å². The molecule has 0 radical (unpaired) electrons. The summed E-state index contributed by atoms with van der Waals surface area (Å²) < 4.78 is 0. The summed E-state index contributed by atoms with van der Waals surface area (Å²) >= 11 is 0. The molecule has 4 bridgehead atoms. The maximum absolute atomic E-state index is 11.4. The van der Waals surface area contributed by atoms with Crippen molar-refractivity contribution in [1.82, 2.24) is 14.9 Å². The van der Waals surface area contributed by atoms with Crippen LogP contribution in [0.4, 0.5) is 5.95 Å².